The quantitative estimate of drug-likeness (QED) is 0.831. The summed E-state index contributed by atoms with van der Waals surface area (Å²) in [5, 5.41) is 8.64. The topological polar surface area (TPSA) is 55.8 Å². The lowest BCUT2D eigenvalue weighted by atomic mass is 10.1. The molecule has 0 unspecified atom stereocenters. The molecule has 2 aromatic carbocycles. The van der Waals surface area contributed by atoms with Crippen molar-refractivity contribution in [3.05, 3.63) is 58.7 Å². The molecule has 0 atom stereocenters. The summed E-state index contributed by atoms with van der Waals surface area (Å²) in [6, 6.07) is 10.6. The smallest absolute Gasteiger partial charge is 0.341 e. The summed E-state index contributed by atoms with van der Waals surface area (Å²) in [6.45, 7) is 1.76. The van der Waals surface area contributed by atoms with Crippen molar-refractivity contribution in [1.82, 2.24) is 0 Å². The minimum atomic E-state index is -1.02. The predicted molar refractivity (Wildman–Crippen MR) is 91.0 cm³/mol. The molecule has 0 heterocycles. The van der Waals surface area contributed by atoms with Gasteiger partial charge in [0.15, 0.2) is 6.61 Å². The van der Waals surface area contributed by atoms with Gasteiger partial charge in [0.25, 0.3) is 0 Å². The SMILES string of the molecule is C#Cc1cc(C#C)cc(COc2ccc(OCC(=O)O)c(C)c2)c1. The zero-order valence-electron chi connectivity index (χ0n) is 13.2. The maximum Gasteiger partial charge on any atom is 0.341 e. The van der Waals surface area contributed by atoms with E-state index in [0.29, 0.717) is 29.2 Å². The number of hydrogen-bond acceptors (Lipinski definition) is 3. The van der Waals surface area contributed by atoms with Gasteiger partial charge in [0.05, 0.1) is 0 Å². The first-order valence-corrected chi connectivity index (χ1v) is 7.17. The number of aliphatic carboxylic acids is 1. The van der Waals surface area contributed by atoms with Crippen molar-refractivity contribution in [2.24, 2.45) is 0 Å². The summed E-state index contributed by atoms with van der Waals surface area (Å²) in [4.78, 5) is 10.5. The summed E-state index contributed by atoms with van der Waals surface area (Å²) in [5.74, 6) is 5.26. The molecule has 0 fully saturated rings. The van der Waals surface area contributed by atoms with E-state index in [9.17, 15) is 4.79 Å². The van der Waals surface area contributed by atoms with E-state index in [4.69, 9.17) is 27.4 Å². The molecule has 2 rings (SSSR count). The fourth-order valence-corrected chi connectivity index (χ4v) is 2.12. The normalized spacial score (nSPS) is 9.62. The lowest BCUT2D eigenvalue weighted by Crippen LogP contribution is -2.10. The average Bonchev–Trinajstić information content (AvgIpc) is 2.58. The highest BCUT2D eigenvalue weighted by Gasteiger charge is 2.06. The molecular weight excluding hydrogens is 304 g/mol. The van der Waals surface area contributed by atoms with Crippen LogP contribution < -0.4 is 9.47 Å². The Hall–Kier alpha value is -3.37. The van der Waals surface area contributed by atoms with Crippen molar-refractivity contribution in [1.29, 1.82) is 0 Å². The first-order valence-electron chi connectivity index (χ1n) is 7.17. The van der Waals surface area contributed by atoms with Crippen LogP contribution in [0.25, 0.3) is 0 Å². The van der Waals surface area contributed by atoms with Crippen LogP contribution in [0.3, 0.4) is 0 Å². The van der Waals surface area contributed by atoms with Crippen LogP contribution in [0.1, 0.15) is 22.3 Å². The fourth-order valence-electron chi connectivity index (χ4n) is 2.12. The number of carboxylic acid groups (broad SMARTS) is 1. The van der Waals surface area contributed by atoms with E-state index >= 15 is 0 Å². The number of ether oxygens (including phenoxy) is 2. The van der Waals surface area contributed by atoms with Crippen LogP contribution in [0.5, 0.6) is 11.5 Å². The van der Waals surface area contributed by atoms with E-state index in [1.54, 1.807) is 24.3 Å². The third-order valence-electron chi connectivity index (χ3n) is 3.23. The number of rotatable bonds is 6. The maximum atomic E-state index is 10.5. The predicted octanol–water partition coefficient (Wildman–Crippen LogP) is 3.00. The van der Waals surface area contributed by atoms with Crippen molar-refractivity contribution in [2.75, 3.05) is 6.61 Å². The van der Waals surface area contributed by atoms with Gasteiger partial charge < -0.3 is 14.6 Å². The highest BCUT2D eigenvalue weighted by molar-refractivity contribution is 5.68. The Kier molecular flexibility index (Phi) is 5.49. The van der Waals surface area contributed by atoms with Crippen LogP contribution in [-0.2, 0) is 11.4 Å². The van der Waals surface area contributed by atoms with Gasteiger partial charge in [0.2, 0.25) is 0 Å². The van der Waals surface area contributed by atoms with Gasteiger partial charge in [-0.25, -0.2) is 4.79 Å². The molecule has 0 spiro atoms. The van der Waals surface area contributed by atoms with Gasteiger partial charge in [-0.05, 0) is 54.4 Å². The number of hydrogen-bond donors (Lipinski definition) is 1. The number of carbonyl (C=O) groups is 1. The second-order valence-corrected chi connectivity index (χ2v) is 5.11. The molecule has 0 aliphatic rings. The Morgan fingerprint density at radius 1 is 1.08 bits per heavy atom. The molecule has 2 aromatic rings. The van der Waals surface area contributed by atoms with Crippen molar-refractivity contribution in [3.8, 4) is 36.2 Å². The summed E-state index contributed by atoms with van der Waals surface area (Å²) in [6.07, 6.45) is 10.8. The van der Waals surface area contributed by atoms with Crippen LogP contribution in [0.4, 0.5) is 0 Å². The van der Waals surface area contributed by atoms with Crippen LogP contribution in [-0.4, -0.2) is 17.7 Å². The third-order valence-corrected chi connectivity index (χ3v) is 3.23. The van der Waals surface area contributed by atoms with Gasteiger partial charge in [-0.1, -0.05) is 11.8 Å². The lowest BCUT2D eigenvalue weighted by Gasteiger charge is -2.11. The molecule has 120 valence electrons. The molecule has 0 aromatic heterocycles. The molecule has 1 N–H and O–H groups in total. The van der Waals surface area contributed by atoms with Crippen LogP contribution >= 0.6 is 0 Å². The van der Waals surface area contributed by atoms with Crippen LogP contribution in [0, 0.1) is 31.6 Å². The number of carboxylic acids is 1. The third kappa shape index (κ3) is 4.56. The zero-order chi connectivity index (χ0) is 17.5. The average molecular weight is 320 g/mol. The zero-order valence-corrected chi connectivity index (χ0v) is 13.2. The van der Waals surface area contributed by atoms with Crippen molar-refractivity contribution >= 4 is 5.97 Å². The Morgan fingerprint density at radius 2 is 1.75 bits per heavy atom. The van der Waals surface area contributed by atoms with Crippen LogP contribution in [0.15, 0.2) is 36.4 Å². The molecule has 4 heteroatoms. The van der Waals surface area contributed by atoms with Gasteiger partial charge in [-0.15, -0.1) is 12.8 Å². The molecule has 0 saturated carbocycles. The molecule has 0 aliphatic carbocycles. The highest BCUT2D eigenvalue weighted by atomic mass is 16.5. The van der Waals surface area contributed by atoms with E-state index < -0.39 is 5.97 Å². The van der Waals surface area contributed by atoms with E-state index in [0.717, 1.165) is 11.1 Å². The molecule has 0 amide bonds. The molecular formula is C20H16O4. The molecule has 0 bridgehead atoms. The first kappa shape index (κ1) is 17.0. The van der Waals surface area contributed by atoms with Gasteiger partial charge >= 0.3 is 5.97 Å². The highest BCUT2D eigenvalue weighted by Crippen LogP contribution is 2.24. The van der Waals surface area contributed by atoms with Crippen molar-refractivity contribution in [3.63, 3.8) is 0 Å². The second kappa shape index (κ2) is 7.76. The van der Waals surface area contributed by atoms with Gasteiger partial charge in [0.1, 0.15) is 18.1 Å². The summed E-state index contributed by atoms with van der Waals surface area (Å²) >= 11 is 0. The Morgan fingerprint density at radius 3 is 2.29 bits per heavy atom. The monoisotopic (exact) mass is 320 g/mol. The summed E-state index contributed by atoms with van der Waals surface area (Å²) < 4.78 is 10.9. The number of aryl methyl sites for hydroxylation is 1. The van der Waals surface area contributed by atoms with Crippen molar-refractivity contribution in [2.45, 2.75) is 13.5 Å². The summed E-state index contributed by atoms with van der Waals surface area (Å²) in [5.41, 5.74) is 3.08. The van der Waals surface area contributed by atoms with Crippen molar-refractivity contribution < 1.29 is 19.4 Å². The first-order chi connectivity index (χ1) is 11.5. The number of benzene rings is 2. The minimum absolute atomic E-state index is 0.318. The molecule has 24 heavy (non-hydrogen) atoms. The van der Waals surface area contributed by atoms with E-state index in [-0.39, 0.29) is 6.61 Å². The fraction of sp³-hybridized carbons (Fsp3) is 0.150. The van der Waals surface area contributed by atoms with E-state index in [1.807, 2.05) is 19.1 Å². The number of terminal acetylenes is 2. The second-order valence-electron chi connectivity index (χ2n) is 5.11. The van der Waals surface area contributed by atoms with E-state index in [1.165, 1.54) is 0 Å². The minimum Gasteiger partial charge on any atom is -0.489 e. The lowest BCUT2D eigenvalue weighted by molar-refractivity contribution is -0.139. The van der Waals surface area contributed by atoms with Gasteiger partial charge in [-0.3, -0.25) is 0 Å². The van der Waals surface area contributed by atoms with Crippen LogP contribution in [0.2, 0.25) is 0 Å². The Balaban J connectivity index is 2.07. The summed E-state index contributed by atoms with van der Waals surface area (Å²) in [7, 11) is 0. The standard InChI is InChI=1S/C20H16O4/c1-4-15-9-16(5-2)11-17(10-15)12-23-18-6-7-19(14(3)8-18)24-13-20(21)22/h1-2,6-11H,12-13H2,3H3,(H,21,22). The van der Waals surface area contributed by atoms with Gasteiger partial charge in [0, 0.05) is 11.1 Å². The molecule has 0 aliphatic heterocycles. The molecule has 0 radical (unpaired) electrons. The van der Waals surface area contributed by atoms with Gasteiger partial charge in [-0.2, -0.15) is 0 Å². The molecule has 0 saturated heterocycles. The maximum absolute atomic E-state index is 10.5. The Bertz CT molecular complexity index is 805. The molecule has 4 nitrogen and oxygen atoms in total. The largest absolute Gasteiger partial charge is 0.489 e. The Labute approximate surface area is 141 Å². The van der Waals surface area contributed by atoms with E-state index in [2.05, 4.69) is 11.8 Å².